The average Bonchev–Trinajstić information content (AvgIpc) is 3.89. The number of benzene rings is 4. The average molecular weight is 935 g/mol. The number of hydrogen-bond donors (Lipinski definition) is 3. The molecule has 8 rings (SSSR count). The lowest BCUT2D eigenvalue weighted by Gasteiger charge is -2.46. The van der Waals surface area contributed by atoms with E-state index in [9.17, 15) is 14.7 Å². The van der Waals surface area contributed by atoms with Gasteiger partial charge in [0.1, 0.15) is 29.4 Å². The van der Waals surface area contributed by atoms with Crippen LogP contribution in [-0.4, -0.2) is 104 Å². The number of amides is 4. The van der Waals surface area contributed by atoms with E-state index in [0.29, 0.717) is 65.9 Å². The normalized spacial score (nSPS) is 22.8. The van der Waals surface area contributed by atoms with Gasteiger partial charge in [0.05, 0.1) is 43.0 Å². The summed E-state index contributed by atoms with van der Waals surface area (Å²) in [5, 5.41) is 17.5. The predicted molar refractivity (Wildman–Crippen MR) is 254 cm³/mol. The molecular formula is C51H57Cl2N7O6. The summed E-state index contributed by atoms with van der Waals surface area (Å²) in [6.07, 6.45) is 4.65. The standard InChI is InChI=1S/C51H57Cl2N7O6/c1-32-48(63)55-43(30-61)49(64)56-51(26-33-10-16-37(52)17-11-33)22-7-23-59(31-51)50(65)42(41-21-15-34-8-5-6-9-40(34)41)25-47(62)60(32)28-36-12-18-38(53)24-45(36)66-39-19-13-35(14-20-39)44-27-54-46(58(44)4)29-57(2)3/h5-6,8-14,16-20,24,27,32,41-43,61H,7,15,21-23,25-26,28-31H2,1-4H3,(H,55,63)(H,56,64)/t32-,41+,42-,43-,51+/m0/s1. The molecule has 1 aromatic heterocycles. The van der Waals surface area contributed by atoms with E-state index in [1.807, 2.05) is 81.9 Å². The van der Waals surface area contributed by atoms with Crippen molar-refractivity contribution in [3.8, 4) is 22.8 Å². The van der Waals surface area contributed by atoms with Crippen LogP contribution in [0.15, 0.2) is 97.2 Å². The first-order valence-electron chi connectivity index (χ1n) is 22.6. The third-order valence-electron chi connectivity index (χ3n) is 13.4. The second-order valence-electron chi connectivity index (χ2n) is 18.3. The number of nitrogens with one attached hydrogen (secondary N) is 2. The highest BCUT2D eigenvalue weighted by atomic mass is 35.5. The van der Waals surface area contributed by atoms with Crippen LogP contribution < -0.4 is 15.4 Å². The minimum Gasteiger partial charge on any atom is -0.457 e. The quantitative estimate of drug-likeness (QED) is 0.130. The molecule has 4 amide bonds. The molecular weight excluding hydrogens is 878 g/mol. The Kier molecular flexibility index (Phi) is 14.2. The van der Waals surface area contributed by atoms with E-state index in [-0.39, 0.29) is 31.3 Å². The number of aliphatic hydroxyl groups excluding tert-OH is 1. The summed E-state index contributed by atoms with van der Waals surface area (Å²) in [7, 11) is 5.98. The van der Waals surface area contributed by atoms with E-state index in [0.717, 1.165) is 40.2 Å². The zero-order chi connectivity index (χ0) is 46.7. The summed E-state index contributed by atoms with van der Waals surface area (Å²) < 4.78 is 8.54. The van der Waals surface area contributed by atoms with Crippen molar-refractivity contribution in [3.63, 3.8) is 0 Å². The molecule has 346 valence electrons. The minimum atomic E-state index is -1.33. The van der Waals surface area contributed by atoms with E-state index in [4.69, 9.17) is 27.9 Å². The first-order valence-corrected chi connectivity index (χ1v) is 23.3. The molecule has 0 spiro atoms. The number of ether oxygens (including phenoxy) is 1. The van der Waals surface area contributed by atoms with Crippen molar-refractivity contribution in [1.82, 2.24) is 34.9 Å². The number of fused-ring (bicyclic) bond motifs is 3. The van der Waals surface area contributed by atoms with Crippen molar-refractivity contribution in [2.45, 2.75) is 82.1 Å². The lowest BCUT2D eigenvalue weighted by atomic mass is 9.80. The number of halogens is 2. The Balaban J connectivity index is 1.13. The second-order valence-corrected chi connectivity index (χ2v) is 19.1. The molecule has 2 aliphatic heterocycles. The van der Waals surface area contributed by atoms with Crippen LogP contribution in [0, 0.1) is 5.92 Å². The lowest BCUT2D eigenvalue weighted by molar-refractivity contribution is -0.148. The number of hydrogen-bond acceptors (Lipinski definition) is 8. The Morgan fingerprint density at radius 1 is 0.924 bits per heavy atom. The fourth-order valence-corrected chi connectivity index (χ4v) is 10.2. The predicted octanol–water partition coefficient (Wildman–Crippen LogP) is 6.91. The van der Waals surface area contributed by atoms with Gasteiger partial charge in [-0.25, -0.2) is 4.98 Å². The first kappa shape index (κ1) is 46.8. The third kappa shape index (κ3) is 10.3. The second kappa shape index (κ2) is 20.0. The molecule has 0 radical (unpaired) electrons. The van der Waals surface area contributed by atoms with Crippen LogP contribution in [0.1, 0.15) is 66.6 Å². The Morgan fingerprint density at radius 2 is 1.67 bits per heavy atom. The molecule has 2 saturated heterocycles. The number of carbonyl (C=O) groups is 4. The molecule has 3 heterocycles. The number of carbonyl (C=O) groups excluding carboxylic acids is 4. The topological polar surface area (TPSA) is 149 Å². The molecule has 2 fully saturated rings. The largest absolute Gasteiger partial charge is 0.457 e. The van der Waals surface area contributed by atoms with Crippen LogP contribution in [0.4, 0.5) is 0 Å². The summed E-state index contributed by atoms with van der Waals surface area (Å²) in [4.78, 5) is 68.9. The molecule has 15 heteroatoms. The maximum absolute atomic E-state index is 15.3. The lowest BCUT2D eigenvalue weighted by Crippen LogP contribution is -2.65. The molecule has 4 aromatic carbocycles. The van der Waals surface area contributed by atoms with Crippen molar-refractivity contribution in [3.05, 3.63) is 135 Å². The molecule has 0 unspecified atom stereocenters. The molecule has 13 nitrogen and oxygen atoms in total. The fourth-order valence-electron chi connectivity index (χ4n) is 9.87. The van der Waals surface area contributed by atoms with E-state index in [1.54, 1.807) is 42.2 Å². The van der Waals surface area contributed by atoms with E-state index in [2.05, 4.69) is 31.2 Å². The molecule has 66 heavy (non-hydrogen) atoms. The van der Waals surface area contributed by atoms with Crippen LogP contribution in [0.3, 0.4) is 0 Å². The van der Waals surface area contributed by atoms with Gasteiger partial charge in [0.25, 0.3) is 0 Å². The first-order chi connectivity index (χ1) is 31.7. The smallest absolute Gasteiger partial charge is 0.245 e. The number of piperidine rings is 1. The SMILES string of the molecule is C[C@H]1C(=O)N[C@@H](CO)C(=O)N[C@@]2(Cc3ccc(Cl)cc3)CCCN(C2)C(=O)[C@H]([C@@H]2CCc3ccccc32)CC(=O)N1Cc1ccc(Cl)cc1Oc1ccc(-c2cnc(CN(C)C)n2C)cc1. The molecule has 1 aliphatic carbocycles. The number of rotatable bonds is 11. The zero-order valence-corrected chi connectivity index (χ0v) is 39.3. The summed E-state index contributed by atoms with van der Waals surface area (Å²) in [6.45, 7) is 2.13. The Morgan fingerprint density at radius 3 is 2.41 bits per heavy atom. The van der Waals surface area contributed by atoms with Gasteiger partial charge < -0.3 is 39.7 Å². The highest BCUT2D eigenvalue weighted by Crippen LogP contribution is 2.42. The monoisotopic (exact) mass is 933 g/mol. The fraction of sp³-hybridized carbons (Fsp3) is 0.392. The van der Waals surface area contributed by atoms with Crippen molar-refractivity contribution < 1.29 is 29.0 Å². The molecule has 3 aliphatic rings. The molecule has 0 saturated carbocycles. The van der Waals surface area contributed by atoms with Crippen molar-refractivity contribution in [2.24, 2.45) is 13.0 Å². The zero-order valence-electron chi connectivity index (χ0n) is 37.8. The van der Waals surface area contributed by atoms with Crippen LogP contribution in [0.25, 0.3) is 11.3 Å². The molecule has 5 aromatic rings. The Labute approximate surface area is 396 Å². The molecule has 2 bridgehead atoms. The van der Waals surface area contributed by atoms with Gasteiger partial charge in [-0.2, -0.15) is 0 Å². The summed E-state index contributed by atoms with van der Waals surface area (Å²) in [6, 6.07) is 25.7. The Bertz CT molecular complexity index is 2580. The number of aromatic nitrogens is 2. The minimum absolute atomic E-state index is 0.0895. The van der Waals surface area contributed by atoms with Gasteiger partial charge in [-0.1, -0.05) is 65.7 Å². The summed E-state index contributed by atoms with van der Waals surface area (Å²) in [5.74, 6) is -1.000. The van der Waals surface area contributed by atoms with Gasteiger partial charge >= 0.3 is 0 Å². The van der Waals surface area contributed by atoms with Crippen molar-refractivity contribution in [1.29, 1.82) is 0 Å². The van der Waals surface area contributed by atoms with E-state index < -0.39 is 47.9 Å². The number of imidazole rings is 1. The van der Waals surface area contributed by atoms with E-state index in [1.165, 1.54) is 4.90 Å². The van der Waals surface area contributed by atoms with Gasteiger partial charge in [0.15, 0.2) is 0 Å². The summed E-state index contributed by atoms with van der Waals surface area (Å²) in [5.41, 5.74) is 4.63. The van der Waals surface area contributed by atoms with Crippen molar-refractivity contribution in [2.75, 3.05) is 33.8 Å². The van der Waals surface area contributed by atoms with Crippen LogP contribution in [-0.2, 0) is 52.2 Å². The maximum atomic E-state index is 15.3. The highest BCUT2D eigenvalue weighted by molar-refractivity contribution is 6.31. The molecule has 5 atom stereocenters. The van der Waals surface area contributed by atoms with Gasteiger partial charge in [0.2, 0.25) is 23.6 Å². The summed E-state index contributed by atoms with van der Waals surface area (Å²) >= 11 is 12.8. The van der Waals surface area contributed by atoms with Crippen LogP contribution >= 0.6 is 23.2 Å². The van der Waals surface area contributed by atoms with Crippen LogP contribution in [0.5, 0.6) is 11.5 Å². The van der Waals surface area contributed by atoms with Gasteiger partial charge in [-0.05, 0) is 124 Å². The maximum Gasteiger partial charge on any atom is 0.245 e. The number of nitrogens with zero attached hydrogens (tertiary/aromatic N) is 5. The number of aliphatic hydroxyl groups is 1. The van der Waals surface area contributed by atoms with Crippen LogP contribution in [0.2, 0.25) is 10.0 Å². The van der Waals surface area contributed by atoms with E-state index >= 15 is 9.59 Å². The number of aryl methyl sites for hydroxylation is 1. The van der Waals surface area contributed by atoms with Gasteiger partial charge in [0, 0.05) is 47.7 Å². The highest BCUT2D eigenvalue weighted by Gasteiger charge is 2.45. The van der Waals surface area contributed by atoms with Gasteiger partial charge in [-0.15, -0.1) is 0 Å². The van der Waals surface area contributed by atoms with Crippen molar-refractivity contribution >= 4 is 46.8 Å². The molecule has 3 N–H and O–H groups in total. The van der Waals surface area contributed by atoms with Gasteiger partial charge in [-0.3, -0.25) is 19.2 Å². The third-order valence-corrected chi connectivity index (χ3v) is 13.9. The Hall–Kier alpha value is -5.73.